The van der Waals surface area contributed by atoms with E-state index in [9.17, 15) is 9.59 Å². The zero-order valence-electron chi connectivity index (χ0n) is 15.0. The van der Waals surface area contributed by atoms with Crippen LogP contribution in [0.3, 0.4) is 0 Å². The first-order chi connectivity index (χ1) is 12.4. The van der Waals surface area contributed by atoms with Gasteiger partial charge in [-0.2, -0.15) is 0 Å². The lowest BCUT2D eigenvalue weighted by Crippen LogP contribution is -2.44. The maximum atomic E-state index is 12.5. The second-order valence-electron chi connectivity index (χ2n) is 6.27. The molecule has 7 nitrogen and oxygen atoms in total. The summed E-state index contributed by atoms with van der Waals surface area (Å²) in [7, 11) is 1.55. The average Bonchev–Trinajstić information content (AvgIpc) is 2.61. The normalized spacial score (nSPS) is 11.7. The van der Waals surface area contributed by atoms with Crippen LogP contribution in [0.25, 0.3) is 11.1 Å². The molecule has 0 unspecified atom stereocenters. The highest BCUT2D eigenvalue weighted by molar-refractivity contribution is 5.97. The number of anilines is 1. The molecule has 0 saturated heterocycles. The lowest BCUT2D eigenvalue weighted by atomic mass is 10.0. The summed E-state index contributed by atoms with van der Waals surface area (Å²) >= 11 is 0. The second kappa shape index (κ2) is 8.84. The minimum absolute atomic E-state index is 0.168. The summed E-state index contributed by atoms with van der Waals surface area (Å²) in [5, 5.41) is 14.0. The number of nitrogens with one attached hydrogen (secondary N) is 2. The van der Waals surface area contributed by atoms with Gasteiger partial charge in [0.25, 0.3) is 0 Å². The van der Waals surface area contributed by atoms with Gasteiger partial charge in [0.15, 0.2) is 0 Å². The molecule has 1 atom stereocenters. The van der Waals surface area contributed by atoms with E-state index in [1.807, 2.05) is 32.0 Å². The molecular formula is C19H23N3O4. The number of pyridine rings is 1. The SMILES string of the molecule is COc1cc(NC(=O)[C@@H](CC(C)C)NC(=O)O)ccc1-c1ccncc1. The van der Waals surface area contributed by atoms with Crippen LogP contribution in [0.4, 0.5) is 10.5 Å². The van der Waals surface area contributed by atoms with Crippen molar-refractivity contribution in [3.63, 3.8) is 0 Å². The predicted octanol–water partition coefficient (Wildman–Crippen LogP) is 3.38. The van der Waals surface area contributed by atoms with Crippen LogP contribution < -0.4 is 15.4 Å². The van der Waals surface area contributed by atoms with Crippen LogP contribution in [0.5, 0.6) is 5.75 Å². The fraction of sp³-hybridized carbons (Fsp3) is 0.316. The Balaban J connectivity index is 2.20. The van der Waals surface area contributed by atoms with E-state index in [0.29, 0.717) is 17.9 Å². The Morgan fingerprint density at radius 2 is 1.88 bits per heavy atom. The number of nitrogens with zero attached hydrogens (tertiary/aromatic N) is 1. The molecule has 1 aromatic heterocycles. The number of hydrogen-bond donors (Lipinski definition) is 3. The minimum atomic E-state index is -1.23. The van der Waals surface area contributed by atoms with Gasteiger partial charge in [0, 0.05) is 29.7 Å². The maximum Gasteiger partial charge on any atom is 0.405 e. The van der Waals surface area contributed by atoms with Crippen LogP contribution >= 0.6 is 0 Å². The molecule has 3 N–H and O–H groups in total. The van der Waals surface area contributed by atoms with Crippen LogP contribution in [-0.4, -0.2) is 35.2 Å². The largest absolute Gasteiger partial charge is 0.496 e. The number of carboxylic acid groups (broad SMARTS) is 1. The Morgan fingerprint density at radius 3 is 2.46 bits per heavy atom. The average molecular weight is 357 g/mol. The van der Waals surface area contributed by atoms with Crippen molar-refractivity contribution < 1.29 is 19.4 Å². The molecule has 138 valence electrons. The highest BCUT2D eigenvalue weighted by Gasteiger charge is 2.22. The third kappa shape index (κ3) is 5.20. The molecule has 7 heteroatoms. The lowest BCUT2D eigenvalue weighted by molar-refractivity contribution is -0.118. The molecule has 0 saturated carbocycles. The third-order valence-corrected chi connectivity index (χ3v) is 3.78. The van der Waals surface area contributed by atoms with Gasteiger partial charge in [-0.3, -0.25) is 9.78 Å². The van der Waals surface area contributed by atoms with Crippen LogP contribution in [0.15, 0.2) is 42.7 Å². The second-order valence-corrected chi connectivity index (χ2v) is 6.27. The molecule has 0 aliphatic heterocycles. The van der Waals surface area contributed by atoms with Crippen molar-refractivity contribution in [2.24, 2.45) is 5.92 Å². The number of rotatable bonds is 7. The van der Waals surface area contributed by atoms with Crippen molar-refractivity contribution >= 4 is 17.7 Å². The molecule has 2 amide bonds. The Hall–Kier alpha value is -3.09. The monoisotopic (exact) mass is 357 g/mol. The lowest BCUT2D eigenvalue weighted by Gasteiger charge is -2.19. The van der Waals surface area contributed by atoms with Crippen molar-refractivity contribution in [3.05, 3.63) is 42.7 Å². The summed E-state index contributed by atoms with van der Waals surface area (Å²) in [4.78, 5) is 27.4. The van der Waals surface area contributed by atoms with Gasteiger partial charge in [-0.25, -0.2) is 4.79 Å². The van der Waals surface area contributed by atoms with E-state index in [-0.39, 0.29) is 5.92 Å². The van der Waals surface area contributed by atoms with Gasteiger partial charge in [0.05, 0.1) is 7.11 Å². The summed E-state index contributed by atoms with van der Waals surface area (Å²) in [5.74, 6) is 0.363. The summed E-state index contributed by atoms with van der Waals surface area (Å²) in [5.41, 5.74) is 2.35. The fourth-order valence-electron chi connectivity index (χ4n) is 2.62. The molecule has 2 rings (SSSR count). The summed E-state index contributed by atoms with van der Waals surface area (Å²) in [6.07, 6.45) is 2.57. The number of hydrogen-bond acceptors (Lipinski definition) is 4. The van der Waals surface area contributed by atoms with Gasteiger partial charge < -0.3 is 20.5 Å². The van der Waals surface area contributed by atoms with Crippen LogP contribution in [0, 0.1) is 5.92 Å². The van der Waals surface area contributed by atoms with Gasteiger partial charge in [0.2, 0.25) is 5.91 Å². The van der Waals surface area contributed by atoms with Crippen molar-refractivity contribution in [3.8, 4) is 16.9 Å². The zero-order valence-corrected chi connectivity index (χ0v) is 15.0. The van der Waals surface area contributed by atoms with E-state index in [1.54, 1.807) is 31.6 Å². The molecule has 2 aromatic rings. The van der Waals surface area contributed by atoms with Gasteiger partial charge in [-0.1, -0.05) is 13.8 Å². The first kappa shape index (κ1) is 19.2. The quantitative estimate of drug-likeness (QED) is 0.705. The van der Waals surface area contributed by atoms with E-state index < -0.39 is 18.0 Å². The first-order valence-electron chi connectivity index (χ1n) is 8.29. The summed E-state index contributed by atoms with van der Waals surface area (Å²) < 4.78 is 5.43. The van der Waals surface area contributed by atoms with Crippen molar-refractivity contribution in [1.29, 1.82) is 0 Å². The van der Waals surface area contributed by atoms with Crippen LogP contribution in [0.2, 0.25) is 0 Å². The minimum Gasteiger partial charge on any atom is -0.496 e. The van der Waals surface area contributed by atoms with E-state index in [0.717, 1.165) is 11.1 Å². The molecule has 0 bridgehead atoms. The number of methoxy groups -OCH3 is 1. The molecule has 0 radical (unpaired) electrons. The van der Waals surface area contributed by atoms with Gasteiger partial charge in [0.1, 0.15) is 11.8 Å². The van der Waals surface area contributed by atoms with E-state index >= 15 is 0 Å². The first-order valence-corrected chi connectivity index (χ1v) is 8.29. The molecule has 0 aliphatic carbocycles. The number of amides is 2. The number of aromatic nitrogens is 1. The number of ether oxygens (including phenoxy) is 1. The molecule has 1 heterocycles. The Bertz CT molecular complexity index is 763. The van der Waals surface area contributed by atoms with E-state index in [4.69, 9.17) is 9.84 Å². The van der Waals surface area contributed by atoms with Crippen molar-refractivity contribution in [1.82, 2.24) is 10.3 Å². The molecular weight excluding hydrogens is 334 g/mol. The molecule has 0 fully saturated rings. The fourth-order valence-corrected chi connectivity index (χ4v) is 2.62. The maximum absolute atomic E-state index is 12.5. The predicted molar refractivity (Wildman–Crippen MR) is 99.3 cm³/mol. The Kier molecular flexibility index (Phi) is 6.54. The number of carbonyl (C=O) groups excluding carboxylic acids is 1. The summed E-state index contributed by atoms with van der Waals surface area (Å²) in [6.45, 7) is 3.85. The molecule has 26 heavy (non-hydrogen) atoms. The molecule has 1 aromatic carbocycles. The van der Waals surface area contributed by atoms with Crippen LogP contribution in [-0.2, 0) is 4.79 Å². The molecule has 0 aliphatic rings. The van der Waals surface area contributed by atoms with Gasteiger partial charge in [-0.05, 0) is 42.2 Å². The highest BCUT2D eigenvalue weighted by atomic mass is 16.5. The van der Waals surface area contributed by atoms with E-state index in [1.165, 1.54) is 0 Å². The Morgan fingerprint density at radius 1 is 1.19 bits per heavy atom. The summed E-state index contributed by atoms with van der Waals surface area (Å²) in [6, 6.07) is 8.21. The Labute approximate surface area is 152 Å². The smallest absolute Gasteiger partial charge is 0.405 e. The van der Waals surface area contributed by atoms with Crippen molar-refractivity contribution in [2.75, 3.05) is 12.4 Å². The van der Waals surface area contributed by atoms with E-state index in [2.05, 4.69) is 15.6 Å². The zero-order chi connectivity index (χ0) is 19.1. The van der Waals surface area contributed by atoms with Crippen LogP contribution in [0.1, 0.15) is 20.3 Å². The standard InChI is InChI=1S/C19H23N3O4/c1-12(2)10-16(22-19(24)25)18(23)21-14-4-5-15(17(11-14)26-3)13-6-8-20-9-7-13/h4-9,11-12,16,22H,10H2,1-3H3,(H,21,23)(H,24,25)/t16-/m1/s1. The van der Waals surface area contributed by atoms with Gasteiger partial charge in [-0.15, -0.1) is 0 Å². The number of carbonyl (C=O) groups is 2. The van der Waals surface area contributed by atoms with Gasteiger partial charge >= 0.3 is 6.09 Å². The molecule has 0 spiro atoms. The van der Waals surface area contributed by atoms with Crippen molar-refractivity contribution in [2.45, 2.75) is 26.3 Å². The number of benzene rings is 1. The third-order valence-electron chi connectivity index (χ3n) is 3.78. The highest BCUT2D eigenvalue weighted by Crippen LogP contribution is 2.32. The topological polar surface area (TPSA) is 101 Å².